The molecule has 0 bridgehead atoms. The van der Waals surface area contributed by atoms with Crippen LogP contribution in [0.3, 0.4) is 0 Å². The molecule has 0 unspecified atom stereocenters. The summed E-state index contributed by atoms with van der Waals surface area (Å²) in [6, 6.07) is 5.84. The molecule has 1 heterocycles. The first-order valence-electron chi connectivity index (χ1n) is 8.44. The van der Waals surface area contributed by atoms with Crippen LogP contribution in [-0.4, -0.2) is 39.9 Å². The third kappa shape index (κ3) is 5.57. The second-order valence-electron chi connectivity index (χ2n) is 6.76. The minimum atomic E-state index is -3.89. The standard InChI is InChI=1S/C18H22Cl2N4O3S/c1-11(2)9-22-28(26,27)16-7-13(14(19)8-15(16)20)18(25)23-12-5-6-17(21-10-12)24(3)4/h5-8,10-11,22H,9H2,1-4H3,(H,23,25). The monoisotopic (exact) mass is 444 g/mol. The van der Waals surface area contributed by atoms with Crippen LogP contribution >= 0.6 is 23.2 Å². The van der Waals surface area contributed by atoms with Crippen LogP contribution in [0.4, 0.5) is 11.5 Å². The lowest BCUT2D eigenvalue weighted by Crippen LogP contribution is -2.28. The van der Waals surface area contributed by atoms with Gasteiger partial charge in [-0.2, -0.15) is 0 Å². The Morgan fingerprint density at radius 3 is 2.39 bits per heavy atom. The molecule has 0 radical (unpaired) electrons. The maximum absolute atomic E-state index is 12.6. The second kappa shape index (κ2) is 9.09. The number of hydrogen-bond acceptors (Lipinski definition) is 5. The number of nitrogens with one attached hydrogen (secondary N) is 2. The Bertz CT molecular complexity index is 962. The van der Waals surface area contributed by atoms with Crippen molar-refractivity contribution in [3.05, 3.63) is 46.1 Å². The van der Waals surface area contributed by atoms with Crippen molar-refractivity contribution in [1.29, 1.82) is 0 Å². The van der Waals surface area contributed by atoms with Gasteiger partial charge in [-0.25, -0.2) is 18.1 Å². The molecule has 1 aromatic carbocycles. The Balaban J connectivity index is 2.31. The first-order chi connectivity index (χ1) is 13.0. The van der Waals surface area contributed by atoms with Gasteiger partial charge in [0.15, 0.2) is 0 Å². The summed E-state index contributed by atoms with van der Waals surface area (Å²) in [5.41, 5.74) is 0.441. The van der Waals surface area contributed by atoms with Crippen molar-refractivity contribution in [2.24, 2.45) is 5.92 Å². The topological polar surface area (TPSA) is 91.4 Å². The smallest absolute Gasteiger partial charge is 0.257 e. The van der Waals surface area contributed by atoms with Gasteiger partial charge in [0.1, 0.15) is 10.7 Å². The molecule has 1 amide bonds. The number of benzene rings is 1. The molecule has 2 rings (SSSR count). The molecule has 0 fully saturated rings. The molecular formula is C18H22Cl2N4O3S. The molecule has 0 saturated heterocycles. The number of amides is 1. The van der Waals surface area contributed by atoms with E-state index in [4.69, 9.17) is 23.2 Å². The molecule has 0 spiro atoms. The number of pyridine rings is 1. The number of carbonyl (C=O) groups is 1. The summed E-state index contributed by atoms with van der Waals surface area (Å²) in [6.07, 6.45) is 1.50. The van der Waals surface area contributed by atoms with E-state index in [9.17, 15) is 13.2 Å². The summed E-state index contributed by atoms with van der Waals surface area (Å²) in [5, 5.41) is 2.64. The molecule has 7 nitrogen and oxygen atoms in total. The van der Waals surface area contributed by atoms with Crippen molar-refractivity contribution in [2.45, 2.75) is 18.7 Å². The van der Waals surface area contributed by atoms with Crippen LogP contribution in [-0.2, 0) is 10.0 Å². The summed E-state index contributed by atoms with van der Waals surface area (Å²) in [6.45, 7) is 3.99. The molecule has 2 aromatic rings. The van der Waals surface area contributed by atoms with E-state index >= 15 is 0 Å². The van der Waals surface area contributed by atoms with Gasteiger partial charge in [0.25, 0.3) is 5.91 Å². The molecule has 0 aliphatic rings. The summed E-state index contributed by atoms with van der Waals surface area (Å²) in [5.74, 6) is 0.273. The van der Waals surface area contributed by atoms with Gasteiger partial charge in [-0.3, -0.25) is 4.79 Å². The van der Waals surface area contributed by atoms with Gasteiger partial charge in [-0.05, 0) is 30.2 Å². The average Bonchev–Trinajstić information content (AvgIpc) is 2.60. The van der Waals surface area contributed by atoms with Crippen molar-refractivity contribution in [1.82, 2.24) is 9.71 Å². The molecule has 0 saturated carbocycles. The van der Waals surface area contributed by atoms with E-state index < -0.39 is 15.9 Å². The van der Waals surface area contributed by atoms with Gasteiger partial charge >= 0.3 is 0 Å². The Labute approximate surface area is 175 Å². The highest BCUT2D eigenvalue weighted by Crippen LogP contribution is 2.29. The fraction of sp³-hybridized carbons (Fsp3) is 0.333. The van der Waals surface area contributed by atoms with Crippen molar-refractivity contribution < 1.29 is 13.2 Å². The Hall–Kier alpha value is -1.87. The minimum Gasteiger partial charge on any atom is -0.363 e. The number of anilines is 2. The lowest BCUT2D eigenvalue weighted by atomic mass is 10.2. The van der Waals surface area contributed by atoms with Crippen molar-refractivity contribution in [3.63, 3.8) is 0 Å². The minimum absolute atomic E-state index is 0.00678. The number of sulfonamides is 1. The van der Waals surface area contributed by atoms with Crippen LogP contribution in [0.15, 0.2) is 35.4 Å². The zero-order valence-corrected chi connectivity index (χ0v) is 18.3. The van der Waals surface area contributed by atoms with E-state index in [0.29, 0.717) is 5.69 Å². The predicted molar refractivity (Wildman–Crippen MR) is 113 cm³/mol. The van der Waals surface area contributed by atoms with E-state index in [0.717, 1.165) is 5.82 Å². The number of carbonyl (C=O) groups excluding carboxylic acids is 1. The lowest BCUT2D eigenvalue weighted by Gasteiger charge is -2.14. The SMILES string of the molecule is CC(C)CNS(=O)(=O)c1cc(C(=O)Nc2ccc(N(C)C)nc2)c(Cl)cc1Cl. The first kappa shape index (κ1) is 22.4. The van der Waals surface area contributed by atoms with Crippen molar-refractivity contribution >= 4 is 50.6 Å². The first-order valence-corrected chi connectivity index (χ1v) is 10.7. The zero-order valence-electron chi connectivity index (χ0n) is 16.0. The molecule has 0 aliphatic carbocycles. The highest BCUT2D eigenvalue weighted by atomic mass is 35.5. The van der Waals surface area contributed by atoms with E-state index in [1.165, 1.54) is 18.3 Å². The third-order valence-corrected chi connectivity index (χ3v) is 5.90. The molecule has 0 atom stereocenters. The van der Waals surface area contributed by atoms with Gasteiger partial charge in [-0.1, -0.05) is 37.0 Å². The van der Waals surface area contributed by atoms with Crippen LogP contribution in [0, 0.1) is 5.92 Å². The number of aromatic nitrogens is 1. The second-order valence-corrected chi connectivity index (χ2v) is 9.31. The van der Waals surface area contributed by atoms with Gasteiger partial charge < -0.3 is 10.2 Å². The molecule has 1 aromatic heterocycles. The highest BCUT2D eigenvalue weighted by molar-refractivity contribution is 7.89. The van der Waals surface area contributed by atoms with Gasteiger partial charge in [-0.15, -0.1) is 0 Å². The van der Waals surface area contributed by atoms with E-state index in [1.54, 1.807) is 12.1 Å². The van der Waals surface area contributed by atoms with Crippen LogP contribution in [0.5, 0.6) is 0 Å². The Kier molecular flexibility index (Phi) is 7.28. The Morgan fingerprint density at radius 1 is 1.18 bits per heavy atom. The summed E-state index contributed by atoms with van der Waals surface area (Å²) >= 11 is 12.2. The van der Waals surface area contributed by atoms with Crippen molar-refractivity contribution in [3.8, 4) is 0 Å². The van der Waals surface area contributed by atoms with Crippen LogP contribution < -0.4 is 14.9 Å². The fourth-order valence-corrected chi connectivity index (χ4v) is 4.26. The number of halogens is 2. The molecule has 2 N–H and O–H groups in total. The maximum atomic E-state index is 12.6. The number of nitrogens with zero attached hydrogens (tertiary/aromatic N) is 2. The molecule has 0 aliphatic heterocycles. The molecule has 152 valence electrons. The van der Waals surface area contributed by atoms with Crippen LogP contribution in [0.1, 0.15) is 24.2 Å². The van der Waals surface area contributed by atoms with Gasteiger partial charge in [0.05, 0.1) is 27.5 Å². The van der Waals surface area contributed by atoms with Gasteiger partial charge in [0.2, 0.25) is 10.0 Å². The summed E-state index contributed by atoms with van der Waals surface area (Å²) in [4.78, 5) is 18.4. The van der Waals surface area contributed by atoms with Gasteiger partial charge in [0, 0.05) is 20.6 Å². The summed E-state index contributed by atoms with van der Waals surface area (Å²) < 4.78 is 27.5. The van der Waals surface area contributed by atoms with E-state index in [1.807, 2.05) is 32.8 Å². The van der Waals surface area contributed by atoms with Crippen LogP contribution in [0.2, 0.25) is 10.0 Å². The predicted octanol–water partition coefficient (Wildman–Crippen LogP) is 3.64. The fourth-order valence-electron chi connectivity index (χ4n) is 2.19. The van der Waals surface area contributed by atoms with Crippen molar-refractivity contribution in [2.75, 3.05) is 30.9 Å². The number of hydrogen-bond donors (Lipinski definition) is 2. The average molecular weight is 445 g/mol. The maximum Gasteiger partial charge on any atom is 0.257 e. The largest absolute Gasteiger partial charge is 0.363 e. The lowest BCUT2D eigenvalue weighted by molar-refractivity contribution is 0.102. The molecule has 10 heteroatoms. The summed E-state index contributed by atoms with van der Waals surface area (Å²) in [7, 11) is -0.184. The highest BCUT2D eigenvalue weighted by Gasteiger charge is 2.23. The van der Waals surface area contributed by atoms with E-state index in [2.05, 4.69) is 15.0 Å². The Morgan fingerprint density at radius 2 is 1.86 bits per heavy atom. The molecule has 28 heavy (non-hydrogen) atoms. The quantitative estimate of drug-likeness (QED) is 0.679. The normalized spacial score (nSPS) is 11.5. The molecular weight excluding hydrogens is 423 g/mol. The third-order valence-electron chi connectivity index (χ3n) is 3.70. The number of rotatable bonds is 7. The zero-order chi connectivity index (χ0) is 21.1. The van der Waals surface area contributed by atoms with E-state index in [-0.39, 0.29) is 33.0 Å². The van der Waals surface area contributed by atoms with Crippen LogP contribution in [0.25, 0.3) is 0 Å².